The third-order valence-electron chi connectivity index (χ3n) is 3.29. The van der Waals surface area contributed by atoms with Crippen LogP contribution in [-0.2, 0) is 17.4 Å². The lowest BCUT2D eigenvalue weighted by Gasteiger charge is -2.21. The number of nitrogens with zero attached hydrogens (tertiary/aromatic N) is 5. The molecule has 164 valence electrons. The van der Waals surface area contributed by atoms with E-state index in [0.717, 1.165) is 13.1 Å². The van der Waals surface area contributed by atoms with Gasteiger partial charge < -0.3 is 30.3 Å². The minimum atomic E-state index is -4.67. The van der Waals surface area contributed by atoms with Gasteiger partial charge in [0, 0.05) is 13.6 Å². The summed E-state index contributed by atoms with van der Waals surface area (Å²) in [6.07, 6.45) is 1.02. The lowest BCUT2D eigenvalue weighted by Crippen LogP contribution is -2.35. The predicted molar refractivity (Wildman–Crippen MR) is 102 cm³/mol. The smallest absolute Gasteiger partial charge is 0.394 e. The van der Waals surface area contributed by atoms with Crippen LogP contribution in [0.25, 0.3) is 11.2 Å². The normalized spacial score (nSPS) is 11.9. The summed E-state index contributed by atoms with van der Waals surface area (Å²) >= 11 is 5.86. The number of aliphatic hydroxyl groups is 1. The van der Waals surface area contributed by atoms with Crippen molar-refractivity contribution in [2.24, 2.45) is 7.05 Å². The maximum Gasteiger partial charge on any atom is 0.394 e. The second kappa shape index (κ2) is 12.7. The van der Waals surface area contributed by atoms with Crippen molar-refractivity contribution in [3.05, 3.63) is 11.6 Å². The fourth-order valence-electron chi connectivity index (χ4n) is 2.10. The van der Waals surface area contributed by atoms with Crippen molar-refractivity contribution in [1.29, 1.82) is 0 Å². The number of imidazole rings is 1. The summed E-state index contributed by atoms with van der Waals surface area (Å²) in [6, 6.07) is 0. The number of aliphatic hydroxyl groups excluding tert-OH is 1. The minimum absolute atomic E-state index is 0. The van der Waals surface area contributed by atoms with Crippen molar-refractivity contribution < 1.29 is 38.3 Å². The maximum absolute atomic E-state index is 10.0. The Labute approximate surface area is 167 Å². The lowest BCUT2D eigenvalue weighted by molar-refractivity contribution is 0.0704. The quantitative estimate of drug-likeness (QED) is 0.340. The SMILES string of the molecule is CCN(CC)CC(O)COc1nc(Cl)nc2ncn(C)c12.O.O.O=S(=O)(O)O. The molecule has 2 aromatic heterocycles. The highest BCUT2D eigenvalue weighted by atomic mass is 35.5. The minimum Gasteiger partial charge on any atom is -0.473 e. The van der Waals surface area contributed by atoms with Crippen LogP contribution in [0, 0.1) is 0 Å². The highest BCUT2D eigenvalue weighted by molar-refractivity contribution is 7.79. The highest BCUT2D eigenvalue weighted by Gasteiger charge is 2.15. The third kappa shape index (κ3) is 10.0. The molecular formula is C13H26ClN5O8S. The fraction of sp³-hybridized carbons (Fsp3) is 0.615. The van der Waals surface area contributed by atoms with E-state index in [2.05, 4.69) is 33.7 Å². The first-order valence-corrected chi connectivity index (χ1v) is 9.40. The summed E-state index contributed by atoms with van der Waals surface area (Å²) in [6.45, 7) is 6.59. The van der Waals surface area contributed by atoms with E-state index in [4.69, 9.17) is 33.9 Å². The zero-order valence-electron chi connectivity index (χ0n) is 15.6. The van der Waals surface area contributed by atoms with Crippen LogP contribution in [0.15, 0.2) is 6.33 Å². The van der Waals surface area contributed by atoms with Crippen LogP contribution in [0.5, 0.6) is 5.88 Å². The number of likely N-dealkylation sites (N-methyl/N-ethyl adjacent to an activating group) is 1. The number of ether oxygens (including phenoxy) is 1. The van der Waals surface area contributed by atoms with Crippen molar-refractivity contribution in [3.63, 3.8) is 0 Å². The van der Waals surface area contributed by atoms with Gasteiger partial charge in [-0.3, -0.25) is 9.11 Å². The third-order valence-corrected chi connectivity index (χ3v) is 3.46. The van der Waals surface area contributed by atoms with Crippen molar-refractivity contribution in [2.45, 2.75) is 20.0 Å². The van der Waals surface area contributed by atoms with E-state index in [1.54, 1.807) is 10.9 Å². The molecule has 0 aliphatic carbocycles. The van der Waals surface area contributed by atoms with Gasteiger partial charge >= 0.3 is 10.4 Å². The van der Waals surface area contributed by atoms with Crippen LogP contribution in [0.4, 0.5) is 0 Å². The van der Waals surface area contributed by atoms with E-state index in [-0.39, 0.29) is 22.8 Å². The summed E-state index contributed by atoms with van der Waals surface area (Å²) in [5, 5.41) is 10.1. The maximum atomic E-state index is 10.0. The predicted octanol–water partition coefficient (Wildman–Crippen LogP) is -1.20. The second-order valence-corrected chi connectivity index (χ2v) is 6.46. The van der Waals surface area contributed by atoms with E-state index >= 15 is 0 Å². The van der Waals surface area contributed by atoms with E-state index in [1.165, 1.54) is 0 Å². The number of hydrogen-bond acceptors (Lipinski definition) is 8. The standard InChI is InChI=1S/C13H20ClN5O2.H2O4S.2H2O/c1-4-19(5-2)6-9(20)7-21-12-10-11(15-8-18(10)3)16-13(14)17-12;1-5(2,3)4;;/h8-9,20H,4-7H2,1-3H3;(H2,1,2,3,4);2*1H2. The number of aromatic nitrogens is 4. The molecule has 0 fully saturated rings. The van der Waals surface area contributed by atoms with Gasteiger partial charge in [-0.1, -0.05) is 13.8 Å². The van der Waals surface area contributed by atoms with Crippen molar-refractivity contribution >= 4 is 33.2 Å². The first kappa shape index (κ1) is 28.6. The molecule has 2 heterocycles. The Morgan fingerprint density at radius 3 is 2.29 bits per heavy atom. The summed E-state index contributed by atoms with van der Waals surface area (Å²) in [5.41, 5.74) is 1.14. The van der Waals surface area contributed by atoms with Gasteiger partial charge in [0.15, 0.2) is 11.2 Å². The molecule has 2 aromatic rings. The van der Waals surface area contributed by atoms with E-state index in [9.17, 15) is 5.11 Å². The Kier molecular flexibility index (Phi) is 13.0. The molecule has 28 heavy (non-hydrogen) atoms. The molecule has 0 aliphatic rings. The Morgan fingerprint density at radius 1 is 1.25 bits per heavy atom. The van der Waals surface area contributed by atoms with Gasteiger partial charge in [0.25, 0.3) is 0 Å². The lowest BCUT2D eigenvalue weighted by atomic mass is 10.3. The molecule has 0 radical (unpaired) electrons. The Bertz CT molecular complexity index is 807. The molecule has 0 aromatic carbocycles. The number of hydrogen-bond donors (Lipinski definition) is 3. The fourth-order valence-corrected chi connectivity index (χ4v) is 2.26. The summed E-state index contributed by atoms with van der Waals surface area (Å²) < 4.78 is 39.0. The van der Waals surface area contributed by atoms with E-state index in [1.807, 2.05) is 7.05 Å². The molecule has 0 aliphatic heterocycles. The largest absolute Gasteiger partial charge is 0.473 e. The van der Waals surface area contributed by atoms with Gasteiger partial charge in [0.1, 0.15) is 12.7 Å². The number of rotatable bonds is 7. The van der Waals surface area contributed by atoms with Gasteiger partial charge in [-0.05, 0) is 24.7 Å². The Morgan fingerprint density at radius 2 is 1.79 bits per heavy atom. The van der Waals surface area contributed by atoms with Crippen molar-refractivity contribution in [3.8, 4) is 5.88 Å². The van der Waals surface area contributed by atoms with E-state index < -0.39 is 16.5 Å². The van der Waals surface area contributed by atoms with E-state index in [0.29, 0.717) is 23.6 Å². The van der Waals surface area contributed by atoms with Gasteiger partial charge in [-0.25, -0.2) is 4.98 Å². The summed E-state index contributed by atoms with van der Waals surface area (Å²) in [4.78, 5) is 14.3. The average Bonchev–Trinajstić information content (AvgIpc) is 2.89. The zero-order chi connectivity index (χ0) is 19.9. The first-order chi connectivity index (χ1) is 12.0. The topological polar surface area (TPSA) is 214 Å². The Balaban J connectivity index is 0. The molecule has 0 saturated carbocycles. The van der Waals surface area contributed by atoms with Crippen LogP contribution >= 0.6 is 11.6 Å². The number of fused-ring (bicyclic) bond motifs is 1. The molecular weight excluding hydrogens is 422 g/mol. The molecule has 1 atom stereocenters. The summed E-state index contributed by atoms with van der Waals surface area (Å²) in [5.74, 6) is 0.337. The first-order valence-electron chi connectivity index (χ1n) is 7.62. The Hall–Kier alpha value is -1.65. The molecule has 1 unspecified atom stereocenters. The van der Waals surface area contributed by atoms with Crippen LogP contribution in [-0.4, -0.2) is 90.3 Å². The number of aryl methyl sites for hydroxylation is 1. The number of halogens is 1. The van der Waals surface area contributed by atoms with Crippen LogP contribution < -0.4 is 4.74 Å². The van der Waals surface area contributed by atoms with Crippen LogP contribution in [0.2, 0.25) is 5.28 Å². The van der Waals surface area contributed by atoms with Gasteiger partial charge in [0.2, 0.25) is 11.2 Å². The zero-order valence-corrected chi connectivity index (χ0v) is 17.1. The average molecular weight is 448 g/mol. The van der Waals surface area contributed by atoms with Gasteiger partial charge in [-0.2, -0.15) is 18.4 Å². The second-order valence-electron chi connectivity index (χ2n) is 5.22. The monoisotopic (exact) mass is 447 g/mol. The molecule has 7 N–H and O–H groups in total. The summed E-state index contributed by atoms with van der Waals surface area (Å²) in [7, 11) is -2.84. The molecule has 0 saturated heterocycles. The molecule has 13 nitrogen and oxygen atoms in total. The van der Waals surface area contributed by atoms with Gasteiger partial charge in [-0.15, -0.1) is 0 Å². The van der Waals surface area contributed by atoms with Crippen LogP contribution in [0.1, 0.15) is 13.8 Å². The molecule has 15 heteroatoms. The molecule has 2 rings (SSSR count). The molecule has 0 spiro atoms. The molecule has 0 bridgehead atoms. The molecule has 0 amide bonds. The van der Waals surface area contributed by atoms with Crippen molar-refractivity contribution in [1.82, 2.24) is 24.4 Å². The highest BCUT2D eigenvalue weighted by Crippen LogP contribution is 2.22. The van der Waals surface area contributed by atoms with Crippen molar-refractivity contribution in [2.75, 3.05) is 26.2 Å². The van der Waals surface area contributed by atoms with Crippen LogP contribution in [0.3, 0.4) is 0 Å². The van der Waals surface area contributed by atoms with Gasteiger partial charge in [0.05, 0.1) is 6.33 Å².